The summed E-state index contributed by atoms with van der Waals surface area (Å²) in [5.41, 5.74) is 3.02. The number of carbonyl (C=O) groups is 1. The molecule has 0 saturated carbocycles. The Hall–Kier alpha value is -1.98. The molecule has 0 atom stereocenters. The Morgan fingerprint density at radius 2 is 2.00 bits per heavy atom. The fourth-order valence-corrected chi connectivity index (χ4v) is 2.40. The van der Waals surface area contributed by atoms with Gasteiger partial charge in [0.1, 0.15) is 5.82 Å². The second-order valence-corrected chi connectivity index (χ2v) is 5.34. The molecule has 1 N–H and O–H groups in total. The molecule has 6 nitrogen and oxygen atoms in total. The summed E-state index contributed by atoms with van der Waals surface area (Å²) in [4.78, 5) is 20.6. The number of unbranched alkanes of at least 4 members (excludes halogenated alkanes) is 1. The van der Waals surface area contributed by atoms with Crippen LogP contribution in [-0.2, 0) is 11.2 Å². The van der Waals surface area contributed by atoms with E-state index in [0.29, 0.717) is 24.4 Å². The molecule has 114 valence electrons. The van der Waals surface area contributed by atoms with Crippen molar-refractivity contribution < 1.29 is 4.79 Å². The lowest BCUT2D eigenvalue weighted by atomic mass is 10.1. The van der Waals surface area contributed by atoms with E-state index in [9.17, 15) is 4.79 Å². The van der Waals surface area contributed by atoms with Gasteiger partial charge in [0.25, 0.3) is 5.78 Å². The molecular weight excluding hydrogens is 266 g/mol. The fraction of sp³-hybridized carbons (Fsp3) is 0.600. The van der Waals surface area contributed by atoms with E-state index < -0.39 is 0 Å². The van der Waals surface area contributed by atoms with E-state index in [-0.39, 0.29) is 5.91 Å². The minimum Gasteiger partial charge on any atom is -0.356 e. The first-order chi connectivity index (χ1) is 10.0. The van der Waals surface area contributed by atoms with Crippen molar-refractivity contribution in [1.82, 2.24) is 24.9 Å². The van der Waals surface area contributed by atoms with Gasteiger partial charge in [0.15, 0.2) is 0 Å². The minimum atomic E-state index is 0.0946. The van der Waals surface area contributed by atoms with E-state index in [1.807, 2.05) is 20.8 Å². The topological polar surface area (TPSA) is 72.2 Å². The lowest BCUT2D eigenvalue weighted by Gasteiger charge is -2.10. The maximum Gasteiger partial charge on any atom is 0.252 e. The Kier molecular flexibility index (Phi) is 4.88. The maximum atomic E-state index is 11.8. The highest BCUT2D eigenvalue weighted by atomic mass is 16.1. The number of nitrogens with one attached hydrogen (secondary N) is 1. The van der Waals surface area contributed by atoms with E-state index in [1.165, 1.54) is 0 Å². The van der Waals surface area contributed by atoms with E-state index in [2.05, 4.69) is 27.3 Å². The molecule has 2 aromatic rings. The van der Waals surface area contributed by atoms with E-state index in [0.717, 1.165) is 36.3 Å². The van der Waals surface area contributed by atoms with Gasteiger partial charge < -0.3 is 5.32 Å². The largest absolute Gasteiger partial charge is 0.356 e. The fourth-order valence-electron chi connectivity index (χ4n) is 2.40. The van der Waals surface area contributed by atoms with Gasteiger partial charge in [0, 0.05) is 24.4 Å². The Labute approximate surface area is 125 Å². The Morgan fingerprint density at radius 3 is 2.71 bits per heavy atom. The first kappa shape index (κ1) is 15.4. The first-order valence-corrected chi connectivity index (χ1v) is 7.49. The summed E-state index contributed by atoms with van der Waals surface area (Å²) in [5.74, 6) is 1.43. The monoisotopic (exact) mass is 289 g/mol. The van der Waals surface area contributed by atoms with Crippen LogP contribution >= 0.6 is 0 Å². The van der Waals surface area contributed by atoms with Crippen molar-refractivity contribution >= 4 is 11.7 Å². The van der Waals surface area contributed by atoms with Crippen LogP contribution in [0.3, 0.4) is 0 Å². The predicted molar refractivity (Wildman–Crippen MR) is 81.2 cm³/mol. The van der Waals surface area contributed by atoms with Crippen LogP contribution in [0.5, 0.6) is 0 Å². The highest BCUT2D eigenvalue weighted by Gasteiger charge is 2.13. The number of aryl methyl sites for hydroxylation is 3. The normalized spacial score (nSPS) is 11.0. The van der Waals surface area contributed by atoms with Crippen molar-refractivity contribution in [2.75, 3.05) is 6.54 Å². The summed E-state index contributed by atoms with van der Waals surface area (Å²) in [6, 6.07) is 0. The molecule has 2 aromatic heterocycles. The van der Waals surface area contributed by atoms with Crippen LogP contribution in [0, 0.1) is 20.8 Å². The highest BCUT2D eigenvalue weighted by Crippen LogP contribution is 2.15. The molecule has 0 aromatic carbocycles. The van der Waals surface area contributed by atoms with Crippen molar-refractivity contribution in [1.29, 1.82) is 0 Å². The number of carbonyl (C=O) groups excluding carboxylic acids is 1. The van der Waals surface area contributed by atoms with Gasteiger partial charge in [0.2, 0.25) is 5.91 Å². The van der Waals surface area contributed by atoms with Gasteiger partial charge in [-0.1, -0.05) is 13.3 Å². The third-order valence-electron chi connectivity index (χ3n) is 3.61. The Morgan fingerprint density at radius 1 is 1.24 bits per heavy atom. The van der Waals surface area contributed by atoms with E-state index in [4.69, 9.17) is 0 Å². The summed E-state index contributed by atoms with van der Waals surface area (Å²) in [6.07, 6.45) is 3.27. The summed E-state index contributed by atoms with van der Waals surface area (Å²) >= 11 is 0. The van der Waals surface area contributed by atoms with Gasteiger partial charge in [-0.2, -0.15) is 10.1 Å². The van der Waals surface area contributed by atoms with E-state index in [1.54, 1.807) is 4.52 Å². The number of fused-ring (bicyclic) bond motifs is 1. The van der Waals surface area contributed by atoms with Crippen LogP contribution in [0.15, 0.2) is 0 Å². The van der Waals surface area contributed by atoms with Gasteiger partial charge in [-0.15, -0.1) is 0 Å². The highest BCUT2D eigenvalue weighted by molar-refractivity contribution is 5.76. The smallest absolute Gasteiger partial charge is 0.252 e. The Bertz CT molecular complexity index is 647. The molecule has 0 bridgehead atoms. The predicted octanol–water partition coefficient (Wildman–Crippen LogP) is 1.90. The molecule has 1 amide bonds. The van der Waals surface area contributed by atoms with Crippen LogP contribution in [-0.4, -0.2) is 32.0 Å². The zero-order valence-electron chi connectivity index (χ0n) is 13.2. The van der Waals surface area contributed by atoms with Crippen LogP contribution in [0.4, 0.5) is 0 Å². The first-order valence-electron chi connectivity index (χ1n) is 7.49. The molecule has 0 radical (unpaired) electrons. The van der Waals surface area contributed by atoms with E-state index >= 15 is 0 Å². The summed E-state index contributed by atoms with van der Waals surface area (Å²) in [5, 5.41) is 7.28. The Balaban J connectivity index is 2.09. The van der Waals surface area contributed by atoms with Crippen LogP contribution in [0.2, 0.25) is 0 Å². The number of rotatable bonds is 6. The van der Waals surface area contributed by atoms with Gasteiger partial charge >= 0.3 is 0 Å². The van der Waals surface area contributed by atoms with Crippen molar-refractivity contribution in [2.45, 2.75) is 53.4 Å². The molecule has 2 heterocycles. The molecular formula is C15H23N5O. The minimum absolute atomic E-state index is 0.0946. The second kappa shape index (κ2) is 6.65. The lowest BCUT2D eigenvalue weighted by molar-refractivity contribution is -0.121. The van der Waals surface area contributed by atoms with Crippen LogP contribution in [0.25, 0.3) is 5.78 Å². The molecule has 0 spiro atoms. The third-order valence-corrected chi connectivity index (χ3v) is 3.61. The number of hydrogen-bond acceptors (Lipinski definition) is 4. The zero-order chi connectivity index (χ0) is 15.4. The molecule has 0 unspecified atom stereocenters. The maximum absolute atomic E-state index is 11.8. The van der Waals surface area contributed by atoms with Crippen LogP contribution in [0.1, 0.15) is 49.0 Å². The van der Waals surface area contributed by atoms with Crippen molar-refractivity contribution in [3.8, 4) is 0 Å². The number of hydrogen-bond donors (Lipinski definition) is 1. The van der Waals surface area contributed by atoms with Gasteiger partial charge in [-0.05, 0) is 39.2 Å². The zero-order valence-corrected chi connectivity index (χ0v) is 13.2. The number of amides is 1. The average molecular weight is 289 g/mol. The third kappa shape index (κ3) is 3.56. The molecule has 6 heteroatoms. The second-order valence-electron chi connectivity index (χ2n) is 5.34. The quantitative estimate of drug-likeness (QED) is 0.824. The van der Waals surface area contributed by atoms with Crippen molar-refractivity contribution in [3.63, 3.8) is 0 Å². The van der Waals surface area contributed by atoms with Crippen molar-refractivity contribution in [2.24, 2.45) is 0 Å². The molecule has 0 saturated heterocycles. The summed E-state index contributed by atoms with van der Waals surface area (Å²) in [6.45, 7) is 8.68. The number of aromatic nitrogens is 4. The molecule has 0 aliphatic heterocycles. The molecule has 0 fully saturated rings. The summed E-state index contributed by atoms with van der Waals surface area (Å²) < 4.78 is 1.76. The van der Waals surface area contributed by atoms with Gasteiger partial charge in [0.05, 0.1) is 0 Å². The SMILES string of the molecule is CCCCNC(=O)CCc1c(C)nc2nc(C)nn2c1C. The standard InChI is InChI=1S/C15H23N5O/c1-5-6-9-16-14(21)8-7-13-10(2)17-15-18-12(4)19-20(15)11(13)3/h5-9H2,1-4H3,(H,16,21). The number of nitrogens with zero attached hydrogens (tertiary/aromatic N) is 4. The van der Waals surface area contributed by atoms with Crippen LogP contribution < -0.4 is 5.32 Å². The molecule has 0 aliphatic carbocycles. The van der Waals surface area contributed by atoms with Crippen molar-refractivity contribution in [3.05, 3.63) is 22.8 Å². The van der Waals surface area contributed by atoms with Gasteiger partial charge in [-0.3, -0.25) is 4.79 Å². The summed E-state index contributed by atoms with van der Waals surface area (Å²) in [7, 11) is 0. The molecule has 2 rings (SSSR count). The lowest BCUT2D eigenvalue weighted by Crippen LogP contribution is -2.24. The molecule has 21 heavy (non-hydrogen) atoms. The average Bonchev–Trinajstić information content (AvgIpc) is 2.79. The van der Waals surface area contributed by atoms with Gasteiger partial charge in [-0.25, -0.2) is 9.50 Å². The molecule has 0 aliphatic rings.